The van der Waals surface area contributed by atoms with Crippen LogP contribution >= 0.6 is 0 Å². The maximum Gasteiger partial charge on any atom is 0.407 e. The van der Waals surface area contributed by atoms with Crippen molar-refractivity contribution in [2.75, 3.05) is 13.2 Å². The van der Waals surface area contributed by atoms with E-state index in [-0.39, 0.29) is 36.3 Å². The number of fused-ring (bicyclic) bond motifs is 3. The molecule has 1 heterocycles. The molecule has 0 spiro atoms. The fraction of sp³-hybridized carbons (Fsp3) is 0.464. The Morgan fingerprint density at radius 2 is 1.66 bits per heavy atom. The van der Waals surface area contributed by atoms with Gasteiger partial charge in [0.25, 0.3) is 0 Å². The minimum absolute atomic E-state index is 0.0663. The van der Waals surface area contributed by atoms with Gasteiger partial charge in [0.05, 0.1) is 6.42 Å². The van der Waals surface area contributed by atoms with Crippen molar-refractivity contribution >= 4 is 18.0 Å². The Kier molecular flexibility index (Phi) is 7.15. The van der Waals surface area contributed by atoms with Gasteiger partial charge in [-0.3, -0.25) is 9.59 Å². The van der Waals surface area contributed by atoms with Crippen molar-refractivity contribution in [1.29, 1.82) is 0 Å². The summed E-state index contributed by atoms with van der Waals surface area (Å²) in [5, 5.41) is 12.0. The second kappa shape index (κ2) is 10.1. The van der Waals surface area contributed by atoms with Gasteiger partial charge in [0.1, 0.15) is 12.6 Å². The molecular formula is C28H34N2O5. The molecule has 1 aliphatic heterocycles. The number of aliphatic carboxylic acids is 1. The van der Waals surface area contributed by atoms with Gasteiger partial charge in [-0.25, -0.2) is 4.79 Å². The van der Waals surface area contributed by atoms with Crippen LogP contribution in [0.1, 0.15) is 63.5 Å². The Labute approximate surface area is 206 Å². The molecule has 0 aromatic heterocycles. The summed E-state index contributed by atoms with van der Waals surface area (Å²) in [4.78, 5) is 39.2. The summed E-state index contributed by atoms with van der Waals surface area (Å²) in [6, 6.07) is 15.1. The molecular weight excluding hydrogens is 444 g/mol. The van der Waals surface area contributed by atoms with E-state index >= 15 is 0 Å². The number of carboxylic acid groups (broad SMARTS) is 1. The van der Waals surface area contributed by atoms with Crippen LogP contribution in [0.5, 0.6) is 0 Å². The van der Waals surface area contributed by atoms with Gasteiger partial charge < -0.3 is 20.1 Å². The number of nitrogens with zero attached hydrogens (tertiary/aromatic N) is 1. The van der Waals surface area contributed by atoms with Gasteiger partial charge in [0, 0.05) is 18.5 Å². The number of carboxylic acids is 1. The number of carbonyl (C=O) groups is 3. The first-order valence-electron chi connectivity index (χ1n) is 12.3. The smallest absolute Gasteiger partial charge is 0.407 e. The van der Waals surface area contributed by atoms with Gasteiger partial charge in [0.2, 0.25) is 5.91 Å². The summed E-state index contributed by atoms with van der Waals surface area (Å²) in [7, 11) is 0. The number of ether oxygens (including phenoxy) is 1. The Morgan fingerprint density at radius 3 is 2.23 bits per heavy atom. The topological polar surface area (TPSA) is 95.9 Å². The number of hydrogen-bond acceptors (Lipinski definition) is 4. The molecule has 2 N–H and O–H groups in total. The van der Waals surface area contributed by atoms with Crippen LogP contribution in [0.2, 0.25) is 0 Å². The van der Waals surface area contributed by atoms with Crippen molar-refractivity contribution in [3.05, 3.63) is 59.7 Å². The molecule has 1 fully saturated rings. The molecule has 1 aliphatic carbocycles. The molecule has 2 atom stereocenters. The van der Waals surface area contributed by atoms with Gasteiger partial charge in [-0.2, -0.15) is 0 Å². The lowest BCUT2D eigenvalue weighted by Crippen LogP contribution is -2.51. The Balaban J connectivity index is 1.45. The lowest BCUT2D eigenvalue weighted by molar-refractivity contribution is -0.140. The van der Waals surface area contributed by atoms with Crippen molar-refractivity contribution in [3.63, 3.8) is 0 Å². The van der Waals surface area contributed by atoms with E-state index in [4.69, 9.17) is 4.74 Å². The average Bonchev–Trinajstić information content (AvgIpc) is 3.38. The number of likely N-dealkylation sites (tertiary alicyclic amines) is 1. The molecule has 2 aromatic carbocycles. The zero-order valence-corrected chi connectivity index (χ0v) is 20.6. The number of alkyl carbamates (subject to hydrolysis) is 1. The maximum atomic E-state index is 13.4. The number of nitrogens with one attached hydrogen (secondary N) is 1. The number of carbonyl (C=O) groups excluding carboxylic acids is 2. The summed E-state index contributed by atoms with van der Waals surface area (Å²) in [5.74, 6) is -1.23. The molecule has 7 heteroatoms. The molecule has 0 radical (unpaired) electrons. The third-order valence-electron chi connectivity index (χ3n) is 6.82. The fourth-order valence-corrected chi connectivity index (χ4v) is 5.33. The Hall–Kier alpha value is -3.35. The van der Waals surface area contributed by atoms with Crippen LogP contribution in [0, 0.1) is 5.41 Å². The first kappa shape index (κ1) is 24.8. The van der Waals surface area contributed by atoms with Gasteiger partial charge in [-0.05, 0) is 46.9 Å². The summed E-state index contributed by atoms with van der Waals surface area (Å²) in [6.07, 6.45) is 1.12. The highest BCUT2D eigenvalue weighted by Crippen LogP contribution is 2.44. The molecule has 0 saturated carbocycles. The van der Waals surface area contributed by atoms with Crippen molar-refractivity contribution in [2.45, 2.75) is 64.5 Å². The molecule has 1 unspecified atom stereocenters. The van der Waals surface area contributed by atoms with E-state index in [2.05, 4.69) is 29.6 Å². The van der Waals surface area contributed by atoms with Crippen molar-refractivity contribution in [1.82, 2.24) is 10.2 Å². The van der Waals surface area contributed by atoms with Crippen LogP contribution in [-0.2, 0) is 14.3 Å². The highest BCUT2D eigenvalue weighted by Gasteiger charge is 2.37. The minimum Gasteiger partial charge on any atom is -0.481 e. The van der Waals surface area contributed by atoms with Crippen LogP contribution in [0.3, 0.4) is 0 Å². The van der Waals surface area contributed by atoms with E-state index in [1.165, 1.54) is 0 Å². The highest BCUT2D eigenvalue weighted by atomic mass is 16.5. The summed E-state index contributed by atoms with van der Waals surface area (Å²) in [6.45, 7) is 6.69. The molecule has 7 nitrogen and oxygen atoms in total. The molecule has 1 saturated heterocycles. The number of amides is 2. The van der Waals surface area contributed by atoms with Crippen LogP contribution < -0.4 is 5.32 Å². The third kappa shape index (κ3) is 5.66. The summed E-state index contributed by atoms with van der Waals surface area (Å²) >= 11 is 0. The lowest BCUT2D eigenvalue weighted by atomic mass is 9.87. The number of benzene rings is 2. The van der Waals surface area contributed by atoms with Crippen LogP contribution in [0.15, 0.2) is 48.5 Å². The average molecular weight is 479 g/mol. The van der Waals surface area contributed by atoms with Gasteiger partial charge in [-0.1, -0.05) is 69.3 Å². The van der Waals surface area contributed by atoms with E-state index < -0.39 is 18.1 Å². The predicted molar refractivity (Wildman–Crippen MR) is 133 cm³/mol. The summed E-state index contributed by atoms with van der Waals surface area (Å²) < 4.78 is 5.67. The number of rotatable bonds is 7. The van der Waals surface area contributed by atoms with E-state index in [9.17, 15) is 19.5 Å². The van der Waals surface area contributed by atoms with Gasteiger partial charge in [0.15, 0.2) is 0 Å². The SMILES string of the molecule is CC(C)(C)CC(NC(=O)OCC1c2ccccc2-c2ccccc21)C(=O)N1CCC[C@@H]1CC(=O)O. The molecule has 186 valence electrons. The van der Waals surface area contributed by atoms with Gasteiger partial charge >= 0.3 is 12.1 Å². The second-order valence-corrected chi connectivity index (χ2v) is 10.7. The second-order valence-electron chi connectivity index (χ2n) is 10.7. The monoisotopic (exact) mass is 478 g/mol. The van der Waals surface area contributed by atoms with Crippen molar-refractivity contribution < 1.29 is 24.2 Å². The predicted octanol–water partition coefficient (Wildman–Crippen LogP) is 4.80. The first-order valence-corrected chi connectivity index (χ1v) is 12.3. The van der Waals surface area contributed by atoms with Crippen molar-refractivity contribution in [2.24, 2.45) is 5.41 Å². The van der Waals surface area contributed by atoms with E-state index in [1.54, 1.807) is 4.90 Å². The van der Waals surface area contributed by atoms with Crippen LogP contribution in [0.25, 0.3) is 11.1 Å². The molecule has 0 bridgehead atoms. The van der Waals surface area contributed by atoms with Gasteiger partial charge in [-0.15, -0.1) is 0 Å². The van der Waals surface area contributed by atoms with E-state index in [1.807, 2.05) is 45.0 Å². The minimum atomic E-state index is -0.924. The van der Waals surface area contributed by atoms with Crippen LogP contribution in [-0.4, -0.2) is 53.2 Å². The number of hydrogen-bond donors (Lipinski definition) is 2. The normalized spacial score (nSPS) is 18.0. The summed E-state index contributed by atoms with van der Waals surface area (Å²) in [5.41, 5.74) is 4.32. The Morgan fingerprint density at radius 1 is 1.06 bits per heavy atom. The van der Waals surface area contributed by atoms with E-state index in [0.29, 0.717) is 19.4 Å². The molecule has 2 aromatic rings. The molecule has 35 heavy (non-hydrogen) atoms. The fourth-order valence-electron chi connectivity index (χ4n) is 5.33. The standard InChI is InChI=1S/C28H34N2O5/c1-28(2,3)16-24(26(33)30-14-8-9-18(30)15-25(31)32)29-27(34)35-17-23-21-12-6-4-10-19(21)20-11-5-7-13-22(20)23/h4-7,10-13,18,23-24H,8-9,14-17H2,1-3H3,(H,29,34)(H,31,32)/t18-,24?/m1/s1. The first-order chi connectivity index (χ1) is 16.6. The van der Waals surface area contributed by atoms with E-state index in [0.717, 1.165) is 28.7 Å². The van der Waals surface area contributed by atoms with Crippen molar-refractivity contribution in [3.8, 4) is 11.1 Å². The third-order valence-corrected chi connectivity index (χ3v) is 6.82. The Bertz CT molecular complexity index is 1060. The quantitative estimate of drug-likeness (QED) is 0.596. The maximum absolute atomic E-state index is 13.4. The molecule has 2 aliphatic rings. The largest absolute Gasteiger partial charge is 0.481 e. The van der Waals surface area contributed by atoms with Crippen LogP contribution in [0.4, 0.5) is 4.79 Å². The molecule has 2 amide bonds. The zero-order valence-electron chi connectivity index (χ0n) is 20.6. The lowest BCUT2D eigenvalue weighted by Gasteiger charge is -2.32. The molecule has 4 rings (SSSR count). The highest BCUT2D eigenvalue weighted by molar-refractivity contribution is 5.87. The zero-order chi connectivity index (χ0) is 25.2.